The molecule has 1 saturated heterocycles. The van der Waals surface area contributed by atoms with Gasteiger partial charge in [-0.05, 0) is 25.0 Å². The second-order valence-electron chi connectivity index (χ2n) is 4.48. The lowest BCUT2D eigenvalue weighted by molar-refractivity contribution is 0.136. The summed E-state index contributed by atoms with van der Waals surface area (Å²) in [5.74, 6) is 2.20. The molecule has 1 atom stereocenters. The van der Waals surface area contributed by atoms with Crippen LogP contribution in [0.25, 0.3) is 0 Å². The molecule has 1 rings (SSSR count). The van der Waals surface area contributed by atoms with Gasteiger partial charge in [-0.3, -0.25) is 4.99 Å². The minimum atomic E-state index is 0.749. The van der Waals surface area contributed by atoms with Crippen molar-refractivity contribution in [2.24, 2.45) is 4.99 Å². The summed E-state index contributed by atoms with van der Waals surface area (Å²) < 4.78 is 5.50. The third-order valence-corrected chi connectivity index (χ3v) is 4.32. The van der Waals surface area contributed by atoms with Gasteiger partial charge in [0, 0.05) is 32.0 Å². The molecule has 18 heavy (non-hydrogen) atoms. The second-order valence-corrected chi connectivity index (χ2v) is 5.89. The van der Waals surface area contributed by atoms with E-state index in [1.54, 1.807) is 0 Å². The number of unbranched alkanes of at least 4 members (excludes halogenated alkanes) is 1. The standard InChI is InChI=1S/C13H27N3OS/c1-3-4-8-17-9-7-15-13(14-2)16-11-12-6-5-10-18-12/h12H,3-11H2,1-2H3,(H2,14,15,16). The van der Waals surface area contributed by atoms with E-state index in [0.29, 0.717) is 0 Å². The Kier molecular flexibility index (Phi) is 9.12. The molecule has 4 nitrogen and oxygen atoms in total. The smallest absolute Gasteiger partial charge is 0.191 e. The zero-order valence-corrected chi connectivity index (χ0v) is 12.5. The van der Waals surface area contributed by atoms with Gasteiger partial charge in [0.2, 0.25) is 0 Å². The maximum absolute atomic E-state index is 5.50. The molecule has 0 amide bonds. The largest absolute Gasteiger partial charge is 0.380 e. The fourth-order valence-electron chi connectivity index (χ4n) is 1.83. The Balaban J connectivity index is 1.99. The Morgan fingerprint density at radius 2 is 2.28 bits per heavy atom. The van der Waals surface area contributed by atoms with Crippen molar-refractivity contribution in [2.75, 3.05) is 39.1 Å². The number of ether oxygens (including phenoxy) is 1. The maximum Gasteiger partial charge on any atom is 0.191 e. The summed E-state index contributed by atoms with van der Waals surface area (Å²) >= 11 is 2.06. The summed E-state index contributed by atoms with van der Waals surface area (Å²) in [6.07, 6.45) is 5.02. The topological polar surface area (TPSA) is 45.6 Å². The molecule has 2 N–H and O–H groups in total. The molecule has 1 heterocycles. The van der Waals surface area contributed by atoms with E-state index < -0.39 is 0 Å². The molecule has 1 unspecified atom stereocenters. The third kappa shape index (κ3) is 7.11. The Labute approximate surface area is 115 Å². The fraction of sp³-hybridized carbons (Fsp3) is 0.923. The number of rotatable bonds is 8. The van der Waals surface area contributed by atoms with Gasteiger partial charge in [-0.25, -0.2) is 0 Å². The van der Waals surface area contributed by atoms with Crippen LogP contribution in [0.4, 0.5) is 0 Å². The summed E-state index contributed by atoms with van der Waals surface area (Å²) in [6, 6.07) is 0. The lowest BCUT2D eigenvalue weighted by Gasteiger charge is -2.14. The van der Waals surface area contributed by atoms with Gasteiger partial charge in [-0.1, -0.05) is 13.3 Å². The number of nitrogens with zero attached hydrogens (tertiary/aromatic N) is 1. The number of aliphatic imine (C=N–C) groups is 1. The van der Waals surface area contributed by atoms with Crippen LogP contribution >= 0.6 is 11.8 Å². The van der Waals surface area contributed by atoms with E-state index in [0.717, 1.165) is 43.9 Å². The predicted molar refractivity (Wildman–Crippen MR) is 80.6 cm³/mol. The van der Waals surface area contributed by atoms with Crippen molar-refractivity contribution in [3.05, 3.63) is 0 Å². The molecule has 1 aliphatic rings. The highest BCUT2D eigenvalue weighted by Gasteiger charge is 2.15. The molecule has 106 valence electrons. The van der Waals surface area contributed by atoms with Gasteiger partial charge in [0.15, 0.2) is 5.96 Å². The van der Waals surface area contributed by atoms with Crippen LogP contribution in [0.1, 0.15) is 32.6 Å². The molecule has 0 aromatic carbocycles. The number of thioether (sulfide) groups is 1. The van der Waals surface area contributed by atoms with Gasteiger partial charge in [0.25, 0.3) is 0 Å². The SMILES string of the molecule is CCCCOCCNC(=NC)NCC1CCCS1. The van der Waals surface area contributed by atoms with Crippen LogP contribution in [0.2, 0.25) is 0 Å². The molecular weight excluding hydrogens is 246 g/mol. The molecule has 0 spiro atoms. The average Bonchev–Trinajstić information content (AvgIpc) is 2.90. The van der Waals surface area contributed by atoms with Crippen LogP contribution in [0.5, 0.6) is 0 Å². The Bertz CT molecular complexity index is 230. The first-order valence-corrected chi connectivity index (χ1v) is 8.05. The van der Waals surface area contributed by atoms with Crippen LogP contribution in [0.3, 0.4) is 0 Å². The molecule has 1 aliphatic heterocycles. The number of nitrogens with one attached hydrogen (secondary N) is 2. The number of guanidine groups is 1. The summed E-state index contributed by atoms with van der Waals surface area (Å²) in [6.45, 7) is 5.62. The van der Waals surface area contributed by atoms with E-state index in [1.165, 1.54) is 25.0 Å². The van der Waals surface area contributed by atoms with Crippen molar-refractivity contribution in [1.82, 2.24) is 10.6 Å². The Morgan fingerprint density at radius 1 is 1.39 bits per heavy atom. The summed E-state index contributed by atoms with van der Waals surface area (Å²) in [5, 5.41) is 7.40. The molecule has 5 heteroatoms. The maximum atomic E-state index is 5.50. The summed E-state index contributed by atoms with van der Waals surface area (Å²) in [4.78, 5) is 4.21. The Morgan fingerprint density at radius 3 is 2.94 bits per heavy atom. The number of hydrogen-bond donors (Lipinski definition) is 2. The van der Waals surface area contributed by atoms with E-state index in [9.17, 15) is 0 Å². The molecule has 0 saturated carbocycles. The van der Waals surface area contributed by atoms with Crippen molar-refractivity contribution >= 4 is 17.7 Å². The zero-order chi connectivity index (χ0) is 13.1. The molecule has 0 bridgehead atoms. The van der Waals surface area contributed by atoms with E-state index in [2.05, 4.69) is 34.3 Å². The summed E-state index contributed by atoms with van der Waals surface area (Å²) in [7, 11) is 1.81. The van der Waals surface area contributed by atoms with Crippen molar-refractivity contribution < 1.29 is 4.74 Å². The van der Waals surface area contributed by atoms with Crippen molar-refractivity contribution in [1.29, 1.82) is 0 Å². The lowest BCUT2D eigenvalue weighted by atomic mass is 10.2. The van der Waals surface area contributed by atoms with E-state index in [4.69, 9.17) is 4.74 Å². The summed E-state index contributed by atoms with van der Waals surface area (Å²) in [5.41, 5.74) is 0. The third-order valence-electron chi connectivity index (χ3n) is 2.93. The Hall–Kier alpha value is -0.420. The van der Waals surface area contributed by atoms with E-state index in [1.807, 2.05) is 7.05 Å². The average molecular weight is 273 g/mol. The quantitative estimate of drug-likeness (QED) is 0.402. The highest BCUT2D eigenvalue weighted by molar-refractivity contribution is 8.00. The van der Waals surface area contributed by atoms with Gasteiger partial charge >= 0.3 is 0 Å². The fourth-order valence-corrected chi connectivity index (χ4v) is 3.03. The van der Waals surface area contributed by atoms with Crippen LogP contribution in [0, 0.1) is 0 Å². The van der Waals surface area contributed by atoms with E-state index >= 15 is 0 Å². The minimum absolute atomic E-state index is 0.749. The molecule has 0 aliphatic carbocycles. The van der Waals surface area contributed by atoms with Gasteiger partial charge in [-0.2, -0.15) is 11.8 Å². The van der Waals surface area contributed by atoms with Crippen LogP contribution < -0.4 is 10.6 Å². The highest BCUT2D eigenvalue weighted by atomic mass is 32.2. The first-order valence-electron chi connectivity index (χ1n) is 7.00. The molecule has 0 radical (unpaired) electrons. The first kappa shape index (κ1) is 15.6. The zero-order valence-electron chi connectivity index (χ0n) is 11.7. The normalized spacial score (nSPS) is 20.1. The van der Waals surface area contributed by atoms with E-state index in [-0.39, 0.29) is 0 Å². The first-order chi connectivity index (χ1) is 8.86. The van der Waals surface area contributed by atoms with Crippen molar-refractivity contribution in [3.63, 3.8) is 0 Å². The monoisotopic (exact) mass is 273 g/mol. The number of hydrogen-bond acceptors (Lipinski definition) is 3. The van der Waals surface area contributed by atoms with Crippen molar-refractivity contribution in [2.45, 2.75) is 37.9 Å². The molecule has 0 aromatic heterocycles. The minimum Gasteiger partial charge on any atom is -0.380 e. The molecule has 1 fully saturated rings. The van der Waals surface area contributed by atoms with Gasteiger partial charge in [0.1, 0.15) is 0 Å². The van der Waals surface area contributed by atoms with Crippen LogP contribution in [-0.4, -0.2) is 50.3 Å². The van der Waals surface area contributed by atoms with Crippen LogP contribution in [0.15, 0.2) is 4.99 Å². The predicted octanol–water partition coefficient (Wildman–Crippen LogP) is 1.86. The lowest BCUT2D eigenvalue weighted by Crippen LogP contribution is -2.41. The highest BCUT2D eigenvalue weighted by Crippen LogP contribution is 2.25. The van der Waals surface area contributed by atoms with Gasteiger partial charge in [0.05, 0.1) is 6.61 Å². The molecular formula is C13H27N3OS. The van der Waals surface area contributed by atoms with Crippen molar-refractivity contribution in [3.8, 4) is 0 Å². The van der Waals surface area contributed by atoms with Crippen LogP contribution in [-0.2, 0) is 4.74 Å². The second kappa shape index (κ2) is 10.5. The van der Waals surface area contributed by atoms with Gasteiger partial charge < -0.3 is 15.4 Å². The van der Waals surface area contributed by atoms with Gasteiger partial charge in [-0.15, -0.1) is 0 Å². The molecule has 0 aromatic rings.